The van der Waals surface area contributed by atoms with Gasteiger partial charge in [0.15, 0.2) is 11.0 Å². The number of fused-ring (bicyclic) bond motifs is 1. The van der Waals surface area contributed by atoms with Crippen LogP contribution in [0, 0.1) is 6.92 Å². The summed E-state index contributed by atoms with van der Waals surface area (Å²) >= 11 is 0. The van der Waals surface area contributed by atoms with E-state index in [-0.39, 0.29) is 0 Å². The summed E-state index contributed by atoms with van der Waals surface area (Å²) in [4.78, 5) is 0. The second-order valence-electron chi connectivity index (χ2n) is 9.80. The molecule has 0 spiro atoms. The maximum atomic E-state index is 9.04. The van der Waals surface area contributed by atoms with Crippen molar-refractivity contribution in [1.82, 2.24) is 4.57 Å². The minimum atomic E-state index is -0.843. The Labute approximate surface area is 212 Å². The molecule has 4 aromatic carbocycles. The van der Waals surface area contributed by atoms with Gasteiger partial charge in [0.2, 0.25) is 0 Å². The molecular weight excluding hydrogens is 424 g/mol. The number of benzene rings is 4. The smallest absolute Gasteiger partial charge is 0.225 e. The zero-order valence-electron chi connectivity index (χ0n) is 23.6. The normalized spacial score (nSPS) is 13.1. The maximum Gasteiger partial charge on any atom is 0.295 e. The van der Waals surface area contributed by atoms with Crippen LogP contribution in [0.1, 0.15) is 58.9 Å². The Hall–Kier alpha value is -3.65. The van der Waals surface area contributed by atoms with Crippen molar-refractivity contribution in [3.05, 3.63) is 108 Å². The average Bonchev–Trinajstić information content (AvgIpc) is 3.15. The lowest BCUT2D eigenvalue weighted by molar-refractivity contribution is -0.633. The Balaban J connectivity index is 1.89. The van der Waals surface area contributed by atoms with Crippen LogP contribution in [-0.2, 0) is 7.05 Å². The van der Waals surface area contributed by atoms with Gasteiger partial charge < -0.3 is 0 Å². The number of aryl methyl sites for hydroxylation is 2. The van der Waals surface area contributed by atoms with Crippen molar-refractivity contribution in [3.63, 3.8) is 0 Å². The van der Waals surface area contributed by atoms with Gasteiger partial charge in [0.25, 0.3) is 5.82 Å². The van der Waals surface area contributed by atoms with E-state index in [4.69, 9.17) is 2.74 Å². The molecule has 35 heavy (non-hydrogen) atoms. The van der Waals surface area contributed by atoms with E-state index in [1.807, 2.05) is 52.0 Å². The number of aromatic nitrogens is 2. The lowest BCUT2D eigenvalue weighted by Gasteiger charge is -2.18. The number of hydrogen-bond acceptors (Lipinski definition) is 0. The molecule has 0 bridgehead atoms. The molecular formula is C33H35N2+. The molecule has 176 valence electrons. The van der Waals surface area contributed by atoms with Gasteiger partial charge in [-0.15, -0.1) is 0 Å². The van der Waals surface area contributed by atoms with Crippen LogP contribution in [0.15, 0.2) is 91.0 Å². The Morgan fingerprint density at radius 2 is 1.34 bits per heavy atom. The van der Waals surface area contributed by atoms with Gasteiger partial charge in [-0.2, -0.15) is 4.57 Å². The maximum absolute atomic E-state index is 9.04. The van der Waals surface area contributed by atoms with Crippen molar-refractivity contribution < 1.29 is 7.31 Å². The Morgan fingerprint density at radius 3 is 1.97 bits per heavy atom. The SMILES string of the molecule is [2H]C(C)(C)c1cccc(C([2H])(C)C)c1-n1c(-c2ccc(-c3ccccc3)cc2C)[n+](C)c2ccccc21. The zero-order chi connectivity index (χ0) is 26.5. The predicted molar refractivity (Wildman–Crippen MR) is 148 cm³/mol. The molecule has 1 aromatic heterocycles. The van der Waals surface area contributed by atoms with Gasteiger partial charge in [-0.25, -0.2) is 4.57 Å². The molecule has 0 saturated heterocycles. The molecule has 0 unspecified atom stereocenters. The van der Waals surface area contributed by atoms with Gasteiger partial charge in [-0.1, -0.05) is 100 Å². The summed E-state index contributed by atoms with van der Waals surface area (Å²) in [5.74, 6) is -0.644. The first-order valence-electron chi connectivity index (χ1n) is 13.3. The summed E-state index contributed by atoms with van der Waals surface area (Å²) in [6.45, 7) is 9.88. The van der Waals surface area contributed by atoms with Crippen LogP contribution in [-0.4, -0.2) is 4.57 Å². The van der Waals surface area contributed by atoms with Crippen molar-refractivity contribution in [2.75, 3.05) is 0 Å². The quantitative estimate of drug-likeness (QED) is 0.233. The summed E-state index contributed by atoms with van der Waals surface area (Å²) in [5, 5.41) is 0. The topological polar surface area (TPSA) is 8.81 Å². The molecule has 0 atom stereocenters. The molecule has 5 rings (SSSR count). The molecule has 0 N–H and O–H groups in total. The van der Waals surface area contributed by atoms with E-state index in [1.54, 1.807) is 0 Å². The van der Waals surface area contributed by atoms with Crippen molar-refractivity contribution >= 4 is 11.0 Å². The summed E-state index contributed by atoms with van der Waals surface area (Å²) in [6, 6.07) is 31.6. The fourth-order valence-corrected chi connectivity index (χ4v) is 5.16. The number of nitrogens with zero attached hydrogens (tertiary/aromatic N) is 2. The second kappa shape index (κ2) is 9.19. The number of hydrogen-bond donors (Lipinski definition) is 0. The van der Waals surface area contributed by atoms with Gasteiger partial charge in [0.1, 0.15) is 5.69 Å². The van der Waals surface area contributed by atoms with Gasteiger partial charge in [-0.05, 0) is 53.6 Å². The summed E-state index contributed by atoms with van der Waals surface area (Å²) in [7, 11) is 2.11. The van der Waals surface area contributed by atoms with Crippen LogP contribution >= 0.6 is 0 Å². The largest absolute Gasteiger partial charge is 0.295 e. The van der Waals surface area contributed by atoms with Crippen LogP contribution in [0.3, 0.4) is 0 Å². The second-order valence-corrected chi connectivity index (χ2v) is 9.80. The van der Waals surface area contributed by atoms with Crippen LogP contribution in [0.25, 0.3) is 39.2 Å². The van der Waals surface area contributed by atoms with E-state index in [1.165, 1.54) is 16.7 Å². The highest BCUT2D eigenvalue weighted by atomic mass is 15.2. The summed E-state index contributed by atoms with van der Waals surface area (Å²) < 4.78 is 22.6. The summed E-state index contributed by atoms with van der Waals surface area (Å²) in [5.41, 5.74) is 9.61. The van der Waals surface area contributed by atoms with Crippen molar-refractivity contribution in [3.8, 4) is 28.2 Å². The fraction of sp³-hybridized carbons (Fsp3) is 0.242. The highest BCUT2D eigenvalue weighted by molar-refractivity contribution is 5.81. The van der Waals surface area contributed by atoms with Crippen LogP contribution < -0.4 is 4.57 Å². The average molecular weight is 462 g/mol. The van der Waals surface area contributed by atoms with E-state index < -0.39 is 11.8 Å². The zero-order valence-corrected chi connectivity index (χ0v) is 21.6. The summed E-state index contributed by atoms with van der Waals surface area (Å²) in [6.07, 6.45) is 0. The van der Waals surface area contributed by atoms with Gasteiger partial charge in [-0.3, -0.25) is 0 Å². The van der Waals surface area contributed by atoms with Crippen molar-refractivity contribution in [1.29, 1.82) is 0 Å². The predicted octanol–water partition coefficient (Wildman–Crippen LogP) is 8.34. The molecule has 0 saturated carbocycles. The van der Waals surface area contributed by atoms with Crippen LogP contribution in [0.5, 0.6) is 0 Å². The fourth-order valence-electron chi connectivity index (χ4n) is 5.16. The molecule has 5 aromatic rings. The van der Waals surface area contributed by atoms with E-state index in [2.05, 4.69) is 89.8 Å². The monoisotopic (exact) mass is 461 g/mol. The Morgan fingerprint density at radius 1 is 0.714 bits per heavy atom. The molecule has 1 heterocycles. The molecule has 0 aliphatic rings. The number of para-hydroxylation sites is 3. The van der Waals surface area contributed by atoms with Gasteiger partial charge in [0, 0.05) is 13.9 Å². The van der Waals surface area contributed by atoms with Crippen LogP contribution in [0.4, 0.5) is 0 Å². The Bertz CT molecular complexity index is 1570. The van der Waals surface area contributed by atoms with E-state index in [9.17, 15) is 0 Å². The van der Waals surface area contributed by atoms with Crippen molar-refractivity contribution in [2.24, 2.45) is 7.05 Å². The standard InChI is InChI=1S/C33H35N2/c1-22(2)27-15-12-16-28(23(3)4)32(27)35-31-18-11-10-17-30(31)34(6)33(35)29-20-19-26(21-24(29)5)25-13-8-7-9-14-25/h7-23H,1-6H3/q+1/i22D,23D. The van der Waals surface area contributed by atoms with Gasteiger partial charge in [0.05, 0.1) is 12.6 Å². The van der Waals surface area contributed by atoms with Gasteiger partial charge >= 0.3 is 0 Å². The molecule has 2 heteroatoms. The first-order valence-corrected chi connectivity index (χ1v) is 12.3. The van der Waals surface area contributed by atoms with Crippen LogP contribution in [0.2, 0.25) is 0 Å². The lowest BCUT2D eigenvalue weighted by Crippen LogP contribution is -2.30. The van der Waals surface area contributed by atoms with E-state index in [0.717, 1.165) is 39.2 Å². The lowest BCUT2D eigenvalue weighted by atomic mass is 9.92. The first-order chi connectivity index (χ1) is 17.5. The molecule has 0 fully saturated rings. The number of rotatable bonds is 5. The number of imidazole rings is 1. The highest BCUT2D eigenvalue weighted by Gasteiger charge is 2.31. The Kier molecular flexibility index (Phi) is 5.43. The van der Waals surface area contributed by atoms with E-state index >= 15 is 0 Å². The molecule has 0 amide bonds. The van der Waals surface area contributed by atoms with E-state index in [0.29, 0.717) is 0 Å². The third-order valence-electron chi connectivity index (χ3n) is 6.92. The highest BCUT2D eigenvalue weighted by Crippen LogP contribution is 2.37. The first kappa shape index (κ1) is 20.7. The van der Waals surface area contributed by atoms with Crippen molar-refractivity contribution in [2.45, 2.75) is 46.4 Å². The molecule has 0 radical (unpaired) electrons. The molecule has 2 nitrogen and oxygen atoms in total. The molecule has 0 aliphatic carbocycles. The minimum Gasteiger partial charge on any atom is -0.225 e. The minimum absolute atomic E-state index is 0.843. The molecule has 0 aliphatic heterocycles. The third-order valence-corrected chi connectivity index (χ3v) is 6.92. The third kappa shape index (κ3) is 3.97.